The van der Waals surface area contributed by atoms with Crippen molar-refractivity contribution in [3.05, 3.63) is 70.8 Å². The van der Waals surface area contributed by atoms with Gasteiger partial charge in [-0.2, -0.15) is 0 Å². The molecule has 0 spiro atoms. The first-order chi connectivity index (χ1) is 11.0. The van der Waals surface area contributed by atoms with Crippen LogP contribution in [0.25, 0.3) is 12.2 Å². The van der Waals surface area contributed by atoms with E-state index in [2.05, 4.69) is 86.1 Å². The first-order valence-electron chi connectivity index (χ1n) is 8.63. The summed E-state index contributed by atoms with van der Waals surface area (Å²) in [6.07, 6.45) is 9.32. The molecule has 0 radical (unpaired) electrons. The van der Waals surface area contributed by atoms with Gasteiger partial charge in [0.15, 0.2) is 0 Å². The fourth-order valence-electron chi connectivity index (χ4n) is 4.40. The molecule has 0 saturated carbocycles. The van der Waals surface area contributed by atoms with Crippen molar-refractivity contribution in [2.75, 3.05) is 0 Å². The molecule has 0 nitrogen and oxygen atoms in total. The molecule has 0 saturated heterocycles. The Balaban J connectivity index is 1.92. The standard InChI is InChI=1S/C22H24Ge/c1-15-11-13-17-7-5-9-19(21(15)17)23(3,4)20-10-6-8-18-14-12-16(2)22(18)20/h5-16H,1-4H3. The number of hydrogen-bond acceptors (Lipinski definition) is 0. The zero-order valence-electron chi connectivity index (χ0n) is 14.4. The van der Waals surface area contributed by atoms with Gasteiger partial charge in [0, 0.05) is 0 Å². The van der Waals surface area contributed by atoms with Gasteiger partial charge in [-0.15, -0.1) is 0 Å². The third-order valence-electron chi connectivity index (χ3n) is 5.67. The average molecular weight is 361 g/mol. The predicted molar refractivity (Wildman–Crippen MR) is 105 cm³/mol. The van der Waals surface area contributed by atoms with Crippen LogP contribution < -0.4 is 8.79 Å². The molecule has 0 aromatic heterocycles. The van der Waals surface area contributed by atoms with Crippen molar-refractivity contribution in [1.29, 1.82) is 0 Å². The van der Waals surface area contributed by atoms with Gasteiger partial charge in [-0.05, 0) is 0 Å². The molecular formula is C22H24Ge. The van der Waals surface area contributed by atoms with E-state index in [-0.39, 0.29) is 0 Å². The molecule has 2 atom stereocenters. The Morgan fingerprint density at radius 1 is 0.696 bits per heavy atom. The van der Waals surface area contributed by atoms with E-state index in [0.29, 0.717) is 11.8 Å². The summed E-state index contributed by atoms with van der Waals surface area (Å²) >= 11 is -2.34. The van der Waals surface area contributed by atoms with Gasteiger partial charge in [0.2, 0.25) is 0 Å². The van der Waals surface area contributed by atoms with E-state index in [1.165, 1.54) is 11.1 Å². The minimum absolute atomic E-state index is 0.554. The number of hydrogen-bond donors (Lipinski definition) is 0. The molecule has 2 aromatic carbocycles. The summed E-state index contributed by atoms with van der Waals surface area (Å²) in [7, 11) is 0. The molecule has 0 fully saturated rings. The molecule has 23 heavy (non-hydrogen) atoms. The zero-order chi connectivity index (χ0) is 16.2. The molecule has 0 aliphatic heterocycles. The van der Waals surface area contributed by atoms with Crippen LogP contribution in [-0.4, -0.2) is 13.3 Å². The van der Waals surface area contributed by atoms with E-state index in [0.717, 1.165) is 0 Å². The Labute approximate surface area is 142 Å². The quantitative estimate of drug-likeness (QED) is 0.676. The van der Waals surface area contributed by atoms with E-state index < -0.39 is 13.3 Å². The molecule has 116 valence electrons. The van der Waals surface area contributed by atoms with Crippen molar-refractivity contribution in [3.63, 3.8) is 0 Å². The molecule has 0 heterocycles. The van der Waals surface area contributed by atoms with Gasteiger partial charge in [0.05, 0.1) is 0 Å². The van der Waals surface area contributed by atoms with Gasteiger partial charge >= 0.3 is 142 Å². The summed E-state index contributed by atoms with van der Waals surface area (Å²) in [5, 5.41) is 0. The van der Waals surface area contributed by atoms with Crippen molar-refractivity contribution in [2.24, 2.45) is 0 Å². The summed E-state index contributed by atoms with van der Waals surface area (Å²) in [5.74, 6) is 6.25. The number of fused-ring (bicyclic) bond motifs is 2. The third-order valence-corrected chi connectivity index (χ3v) is 13.1. The second kappa shape index (κ2) is 5.24. The topological polar surface area (TPSA) is 0 Å². The molecule has 4 rings (SSSR count). The maximum atomic E-state index is 2.57. The van der Waals surface area contributed by atoms with Crippen LogP contribution in [0.2, 0.25) is 11.5 Å². The molecule has 2 aromatic rings. The summed E-state index contributed by atoms with van der Waals surface area (Å²) in [4.78, 5) is 0. The molecule has 2 aliphatic carbocycles. The Hall–Kier alpha value is -1.54. The first kappa shape index (κ1) is 15.0. The molecule has 1 heteroatoms. The molecule has 2 unspecified atom stereocenters. The van der Waals surface area contributed by atoms with E-state index in [1.807, 2.05) is 0 Å². The van der Waals surface area contributed by atoms with Crippen molar-refractivity contribution in [1.82, 2.24) is 0 Å². The second-order valence-electron chi connectivity index (χ2n) is 7.54. The molecule has 0 N–H and O–H groups in total. The van der Waals surface area contributed by atoms with E-state index in [9.17, 15) is 0 Å². The van der Waals surface area contributed by atoms with E-state index >= 15 is 0 Å². The van der Waals surface area contributed by atoms with Gasteiger partial charge in [-0.3, -0.25) is 0 Å². The van der Waals surface area contributed by atoms with Crippen LogP contribution in [0.15, 0.2) is 48.6 Å². The number of benzene rings is 2. The Morgan fingerprint density at radius 2 is 1.13 bits per heavy atom. The van der Waals surface area contributed by atoms with E-state index in [1.54, 1.807) is 19.9 Å². The van der Waals surface area contributed by atoms with Crippen molar-refractivity contribution in [2.45, 2.75) is 37.2 Å². The van der Waals surface area contributed by atoms with Crippen LogP contribution in [0.1, 0.15) is 47.9 Å². The number of rotatable bonds is 2. The first-order valence-corrected chi connectivity index (χ1v) is 14.9. The van der Waals surface area contributed by atoms with Crippen LogP contribution in [-0.2, 0) is 0 Å². The van der Waals surface area contributed by atoms with Gasteiger partial charge in [0.1, 0.15) is 0 Å². The van der Waals surface area contributed by atoms with Crippen molar-refractivity contribution >= 4 is 34.2 Å². The van der Waals surface area contributed by atoms with Crippen LogP contribution in [0.4, 0.5) is 0 Å². The third kappa shape index (κ3) is 2.19. The Kier molecular flexibility index (Phi) is 3.42. The fourth-order valence-corrected chi connectivity index (χ4v) is 11.5. The van der Waals surface area contributed by atoms with Crippen molar-refractivity contribution < 1.29 is 0 Å². The monoisotopic (exact) mass is 362 g/mol. The van der Waals surface area contributed by atoms with Crippen LogP contribution in [0, 0.1) is 0 Å². The normalized spacial score (nSPS) is 21.6. The predicted octanol–water partition coefficient (Wildman–Crippen LogP) is 4.77. The van der Waals surface area contributed by atoms with Crippen LogP contribution in [0.3, 0.4) is 0 Å². The van der Waals surface area contributed by atoms with Crippen LogP contribution in [0.5, 0.6) is 0 Å². The van der Waals surface area contributed by atoms with E-state index in [4.69, 9.17) is 0 Å². The summed E-state index contributed by atoms with van der Waals surface area (Å²) in [6, 6.07) is 13.9. The van der Waals surface area contributed by atoms with Crippen LogP contribution >= 0.6 is 0 Å². The summed E-state index contributed by atoms with van der Waals surface area (Å²) in [6.45, 7) is 4.67. The summed E-state index contributed by atoms with van der Waals surface area (Å²) in [5.41, 5.74) is 6.06. The second-order valence-corrected chi connectivity index (χ2v) is 16.6. The van der Waals surface area contributed by atoms with Gasteiger partial charge in [-0.1, -0.05) is 0 Å². The van der Waals surface area contributed by atoms with Crippen molar-refractivity contribution in [3.8, 4) is 0 Å². The Bertz CT molecular complexity index is 770. The van der Waals surface area contributed by atoms with Gasteiger partial charge in [0.25, 0.3) is 0 Å². The van der Waals surface area contributed by atoms with Gasteiger partial charge < -0.3 is 0 Å². The molecular weight excluding hydrogens is 337 g/mol. The number of allylic oxidation sites excluding steroid dienone is 2. The SMILES string of the molecule is CC1C=Cc2ccc[c]([Ge]([CH3])([CH3])[c]3cccc4c3C(C)C=C4)c21. The summed E-state index contributed by atoms with van der Waals surface area (Å²) < 4.78 is 3.32. The molecule has 0 amide bonds. The fraction of sp³-hybridized carbons (Fsp3) is 0.273. The van der Waals surface area contributed by atoms with Gasteiger partial charge in [-0.25, -0.2) is 0 Å². The molecule has 0 bridgehead atoms. The molecule has 2 aliphatic rings. The zero-order valence-corrected chi connectivity index (χ0v) is 16.5. The Morgan fingerprint density at radius 3 is 1.57 bits per heavy atom. The average Bonchev–Trinajstić information content (AvgIpc) is 3.11. The maximum absolute atomic E-state index is 2.57. The minimum atomic E-state index is -2.34.